The summed E-state index contributed by atoms with van der Waals surface area (Å²) < 4.78 is 10.1. The molecule has 0 saturated heterocycles. The number of halogens is 1. The lowest BCUT2D eigenvalue weighted by atomic mass is 11.9. The van der Waals surface area contributed by atoms with Gasteiger partial charge in [0.25, 0.3) is 0 Å². The van der Waals surface area contributed by atoms with Crippen molar-refractivity contribution in [1.29, 1.82) is 0 Å². The Morgan fingerprint density at radius 3 is 1.60 bits per heavy atom. The maximum absolute atomic E-state index is 10.1. The monoisotopic (exact) mass is 156 g/mol. The summed E-state index contributed by atoms with van der Waals surface area (Å²) in [6, 6.07) is 0. The highest BCUT2D eigenvalue weighted by molar-refractivity contribution is 9.40. The average Bonchev–Trinajstić information content (AvgIpc) is 0.722. The molecule has 5 heavy (non-hydrogen) atoms. The molecule has 0 saturated carbocycles. The first kappa shape index (κ1) is 5.71. The van der Waals surface area contributed by atoms with Gasteiger partial charge in [0.15, 0.2) is 0 Å². The van der Waals surface area contributed by atoms with E-state index in [-0.39, 0.29) is 0 Å². The van der Waals surface area contributed by atoms with Gasteiger partial charge in [0.05, 0.1) is 0 Å². The summed E-state index contributed by atoms with van der Waals surface area (Å²) in [5, 5.41) is 0. The predicted octanol–water partition coefficient (Wildman–Crippen LogP) is 1.92. The van der Waals surface area contributed by atoms with Gasteiger partial charge in [-0.15, -0.1) is 0 Å². The first-order valence-corrected chi connectivity index (χ1v) is 5.87. The Labute approximate surface area is 39.9 Å². The van der Waals surface area contributed by atoms with Crippen LogP contribution in [0.4, 0.5) is 0 Å². The lowest BCUT2D eigenvalue weighted by molar-refractivity contribution is 0.592. The molecule has 0 aliphatic carbocycles. The minimum Gasteiger partial charge on any atom is -0.312 e. The van der Waals surface area contributed by atoms with Crippen LogP contribution >= 0.6 is 21.3 Å². The zero-order valence-corrected chi connectivity index (χ0v) is 5.71. The van der Waals surface area contributed by atoms with Gasteiger partial charge in [0.1, 0.15) is 5.84 Å². The molecule has 0 aromatic carbocycles. The second-order valence-electron chi connectivity index (χ2n) is 1.22. The molecule has 0 aromatic heterocycles. The van der Waals surface area contributed by atoms with E-state index in [1.807, 2.05) is 0 Å². The van der Waals surface area contributed by atoms with Crippen LogP contribution in [0.15, 0.2) is 0 Å². The summed E-state index contributed by atoms with van der Waals surface area (Å²) in [6.07, 6.45) is 0. The second-order valence-corrected chi connectivity index (χ2v) is 8.78. The molecule has 0 fully saturated rings. The van der Waals surface area contributed by atoms with Gasteiger partial charge in [-0.1, -0.05) is 0 Å². The van der Waals surface area contributed by atoms with E-state index in [0.29, 0.717) is 0 Å². The van der Waals surface area contributed by atoms with Gasteiger partial charge in [-0.2, -0.15) is 0 Å². The van der Waals surface area contributed by atoms with E-state index in [4.69, 9.17) is 0 Å². The fourth-order valence-electron chi connectivity index (χ4n) is 0. The smallest absolute Gasteiger partial charge is 0.142 e. The molecule has 0 N–H and O–H groups in total. The van der Waals surface area contributed by atoms with Crippen molar-refractivity contribution in [2.75, 3.05) is 13.3 Å². The average molecular weight is 157 g/mol. The van der Waals surface area contributed by atoms with Crippen LogP contribution in [0.1, 0.15) is 0 Å². The molecule has 0 heterocycles. The Morgan fingerprint density at radius 1 is 1.60 bits per heavy atom. The Hall–Kier alpha value is 0.710. The Morgan fingerprint density at radius 2 is 1.60 bits per heavy atom. The SMILES string of the molecule is CP(C)(=O)Br. The Kier molecular flexibility index (Phi) is 1.64. The molecule has 0 spiro atoms. The van der Waals surface area contributed by atoms with Gasteiger partial charge in [-0.05, 0) is 28.8 Å². The van der Waals surface area contributed by atoms with Crippen molar-refractivity contribution < 1.29 is 4.57 Å². The molecule has 32 valence electrons. The molecule has 0 aliphatic heterocycles. The van der Waals surface area contributed by atoms with Crippen LogP contribution < -0.4 is 0 Å². The van der Waals surface area contributed by atoms with E-state index < -0.39 is 5.84 Å². The Balaban J connectivity index is 3.47. The fraction of sp³-hybridized carbons (Fsp3) is 1.00. The van der Waals surface area contributed by atoms with Crippen molar-refractivity contribution in [3.8, 4) is 0 Å². The first-order chi connectivity index (χ1) is 2.00. The minimum absolute atomic E-state index is 1.66. The zero-order chi connectivity index (χ0) is 4.50. The van der Waals surface area contributed by atoms with E-state index in [9.17, 15) is 4.57 Å². The van der Waals surface area contributed by atoms with Gasteiger partial charge < -0.3 is 4.57 Å². The van der Waals surface area contributed by atoms with Crippen LogP contribution in [0.2, 0.25) is 0 Å². The van der Waals surface area contributed by atoms with Crippen LogP contribution in [-0.2, 0) is 4.57 Å². The molecule has 3 heteroatoms. The van der Waals surface area contributed by atoms with Gasteiger partial charge in [0.2, 0.25) is 0 Å². The van der Waals surface area contributed by atoms with Crippen LogP contribution in [0.3, 0.4) is 0 Å². The van der Waals surface area contributed by atoms with E-state index in [0.717, 1.165) is 0 Å². The van der Waals surface area contributed by atoms with E-state index in [1.54, 1.807) is 13.3 Å². The van der Waals surface area contributed by atoms with Crippen molar-refractivity contribution in [3.05, 3.63) is 0 Å². The summed E-state index contributed by atoms with van der Waals surface area (Å²) in [5.74, 6) is -1.83. The number of hydrogen-bond donors (Lipinski definition) is 0. The molecular weight excluding hydrogens is 151 g/mol. The van der Waals surface area contributed by atoms with Gasteiger partial charge >= 0.3 is 0 Å². The molecule has 0 radical (unpaired) electrons. The highest BCUT2D eigenvalue weighted by atomic mass is 79.9. The van der Waals surface area contributed by atoms with Gasteiger partial charge in [0, 0.05) is 0 Å². The summed E-state index contributed by atoms with van der Waals surface area (Å²) in [7, 11) is 0. The molecule has 0 rings (SSSR count). The molecule has 1 nitrogen and oxygen atoms in total. The van der Waals surface area contributed by atoms with Crippen LogP contribution in [0, 0.1) is 0 Å². The predicted molar refractivity (Wildman–Crippen MR) is 28.4 cm³/mol. The van der Waals surface area contributed by atoms with E-state index in [1.165, 1.54) is 0 Å². The van der Waals surface area contributed by atoms with Crippen LogP contribution in [-0.4, -0.2) is 13.3 Å². The van der Waals surface area contributed by atoms with Crippen molar-refractivity contribution in [3.63, 3.8) is 0 Å². The van der Waals surface area contributed by atoms with Crippen molar-refractivity contribution >= 4 is 21.3 Å². The molecule has 0 bridgehead atoms. The third-order valence-electron chi connectivity index (χ3n) is 0. The van der Waals surface area contributed by atoms with Crippen LogP contribution in [0.25, 0.3) is 0 Å². The highest BCUT2D eigenvalue weighted by Gasteiger charge is 1.92. The normalized spacial score (nSPS) is 11.8. The number of rotatable bonds is 0. The third kappa shape index (κ3) is 68.6. The molecular formula is C2H6BrOP. The van der Waals surface area contributed by atoms with Crippen LogP contribution in [0.5, 0.6) is 0 Å². The van der Waals surface area contributed by atoms with Crippen molar-refractivity contribution in [1.82, 2.24) is 0 Å². The maximum Gasteiger partial charge on any atom is 0.142 e. The summed E-state index contributed by atoms with van der Waals surface area (Å²) in [4.78, 5) is 0. The van der Waals surface area contributed by atoms with Crippen molar-refractivity contribution in [2.24, 2.45) is 0 Å². The maximum atomic E-state index is 10.1. The van der Waals surface area contributed by atoms with E-state index >= 15 is 0 Å². The number of hydrogen-bond acceptors (Lipinski definition) is 1. The molecule has 0 amide bonds. The minimum atomic E-state index is -1.83. The highest BCUT2D eigenvalue weighted by Crippen LogP contribution is 2.44. The molecule has 0 aliphatic rings. The largest absolute Gasteiger partial charge is 0.312 e. The molecule has 0 unspecified atom stereocenters. The summed E-state index contributed by atoms with van der Waals surface area (Å²) in [5.41, 5.74) is 0. The topological polar surface area (TPSA) is 17.1 Å². The quantitative estimate of drug-likeness (QED) is 0.491. The molecule has 0 aromatic rings. The summed E-state index contributed by atoms with van der Waals surface area (Å²) in [6.45, 7) is 3.32. The van der Waals surface area contributed by atoms with Gasteiger partial charge in [-0.3, -0.25) is 0 Å². The first-order valence-electron chi connectivity index (χ1n) is 1.25. The molecule has 0 atom stereocenters. The summed E-state index contributed by atoms with van der Waals surface area (Å²) >= 11 is 2.93. The lowest BCUT2D eigenvalue weighted by Crippen LogP contribution is -1.49. The third-order valence-corrected chi connectivity index (χ3v) is 0. The van der Waals surface area contributed by atoms with Crippen molar-refractivity contribution in [2.45, 2.75) is 0 Å². The lowest BCUT2D eigenvalue weighted by Gasteiger charge is -1.83. The second kappa shape index (κ2) is 1.44. The Bertz CT molecular complexity index is 55.8. The fourth-order valence-corrected chi connectivity index (χ4v) is 0. The van der Waals surface area contributed by atoms with Gasteiger partial charge in [-0.25, -0.2) is 0 Å². The van der Waals surface area contributed by atoms with E-state index in [2.05, 4.69) is 15.5 Å². The standard InChI is InChI=1S/C2H6BrOP/c1-5(2,3)4/h1-2H3. The zero-order valence-electron chi connectivity index (χ0n) is 3.23.